The number of nitrogens with one attached hydrogen (secondary N) is 2. The predicted octanol–water partition coefficient (Wildman–Crippen LogP) is 5.26. The van der Waals surface area contributed by atoms with E-state index in [0.717, 1.165) is 18.9 Å². The van der Waals surface area contributed by atoms with Gasteiger partial charge in [-0.05, 0) is 56.5 Å². The highest BCUT2D eigenvalue weighted by molar-refractivity contribution is 5.91. The Morgan fingerprint density at radius 2 is 1.76 bits per heavy atom. The molecule has 2 aromatic carbocycles. The summed E-state index contributed by atoms with van der Waals surface area (Å²) in [5, 5.41) is 4.87. The zero-order chi connectivity index (χ0) is 18.2. The minimum absolute atomic E-state index is 0.0410. The van der Waals surface area contributed by atoms with Crippen LogP contribution in [0.25, 0.3) is 0 Å². The number of aryl methyl sites for hydroxylation is 1. The van der Waals surface area contributed by atoms with Crippen LogP contribution in [0.4, 0.5) is 35.0 Å². The first kappa shape index (κ1) is 17.1. The molecular formula is C18H17F3N2O2. The Morgan fingerprint density at radius 3 is 2.40 bits per heavy atom. The van der Waals surface area contributed by atoms with Crippen LogP contribution in [0.5, 0.6) is 0 Å². The van der Waals surface area contributed by atoms with Gasteiger partial charge in [0.1, 0.15) is 17.1 Å². The summed E-state index contributed by atoms with van der Waals surface area (Å²) in [5.74, 6) is -2.97. The van der Waals surface area contributed by atoms with Crippen LogP contribution in [0.1, 0.15) is 25.3 Å². The number of halogens is 3. The van der Waals surface area contributed by atoms with Gasteiger partial charge in [0, 0.05) is 0 Å². The summed E-state index contributed by atoms with van der Waals surface area (Å²) in [5.41, 5.74) is -0.295. The third kappa shape index (κ3) is 3.87. The third-order valence-electron chi connectivity index (χ3n) is 4.01. The van der Waals surface area contributed by atoms with E-state index in [1.165, 1.54) is 18.2 Å². The molecule has 0 atom stereocenters. The lowest BCUT2D eigenvalue weighted by molar-refractivity contribution is 0.107. The van der Waals surface area contributed by atoms with Crippen LogP contribution in [0.2, 0.25) is 0 Å². The van der Waals surface area contributed by atoms with Crippen molar-refractivity contribution in [3.63, 3.8) is 0 Å². The van der Waals surface area contributed by atoms with E-state index >= 15 is 0 Å². The van der Waals surface area contributed by atoms with Gasteiger partial charge in [-0.15, -0.1) is 0 Å². The lowest BCUT2D eigenvalue weighted by Crippen LogP contribution is -2.21. The summed E-state index contributed by atoms with van der Waals surface area (Å²) in [6.45, 7) is 3.48. The van der Waals surface area contributed by atoms with Crippen molar-refractivity contribution in [3.8, 4) is 0 Å². The number of hydrogen-bond donors (Lipinski definition) is 2. The van der Waals surface area contributed by atoms with E-state index in [0.29, 0.717) is 5.56 Å². The van der Waals surface area contributed by atoms with Crippen LogP contribution >= 0.6 is 0 Å². The van der Waals surface area contributed by atoms with E-state index in [4.69, 9.17) is 4.74 Å². The van der Waals surface area contributed by atoms with E-state index in [-0.39, 0.29) is 17.1 Å². The van der Waals surface area contributed by atoms with Crippen molar-refractivity contribution >= 4 is 23.2 Å². The second kappa shape index (κ2) is 6.31. The molecule has 132 valence electrons. The Bertz CT molecular complexity index is 835. The van der Waals surface area contributed by atoms with Crippen molar-refractivity contribution in [1.82, 2.24) is 0 Å². The largest absolute Gasteiger partial charge is 0.443 e. The monoisotopic (exact) mass is 350 g/mol. The van der Waals surface area contributed by atoms with E-state index in [2.05, 4.69) is 10.6 Å². The van der Waals surface area contributed by atoms with Gasteiger partial charge in [-0.25, -0.2) is 18.0 Å². The second-order valence-corrected chi connectivity index (χ2v) is 6.36. The number of ether oxygens (including phenoxy) is 1. The molecule has 1 amide bonds. The fourth-order valence-corrected chi connectivity index (χ4v) is 2.27. The van der Waals surface area contributed by atoms with E-state index < -0.39 is 29.1 Å². The Kier molecular flexibility index (Phi) is 4.32. The van der Waals surface area contributed by atoms with Crippen molar-refractivity contribution < 1.29 is 22.7 Å². The van der Waals surface area contributed by atoms with Gasteiger partial charge in [0.25, 0.3) is 0 Å². The summed E-state index contributed by atoms with van der Waals surface area (Å²) in [4.78, 5) is 11.9. The Labute approximate surface area is 143 Å². The Morgan fingerprint density at radius 1 is 1.08 bits per heavy atom. The number of carbonyl (C=O) groups is 1. The van der Waals surface area contributed by atoms with Gasteiger partial charge in [0.05, 0.1) is 11.4 Å². The highest BCUT2D eigenvalue weighted by Crippen LogP contribution is 2.39. The van der Waals surface area contributed by atoms with Crippen molar-refractivity contribution in [2.24, 2.45) is 0 Å². The molecule has 1 fully saturated rings. The normalized spacial score (nSPS) is 14.8. The fraction of sp³-hybridized carbons (Fsp3) is 0.278. The first-order chi connectivity index (χ1) is 11.8. The smallest absolute Gasteiger partial charge is 0.412 e. The quantitative estimate of drug-likeness (QED) is 0.791. The first-order valence-electron chi connectivity index (χ1n) is 7.79. The average Bonchev–Trinajstić information content (AvgIpc) is 3.25. The zero-order valence-corrected chi connectivity index (χ0v) is 13.8. The van der Waals surface area contributed by atoms with Crippen LogP contribution in [-0.4, -0.2) is 11.7 Å². The molecule has 4 nitrogen and oxygen atoms in total. The highest BCUT2D eigenvalue weighted by Gasteiger charge is 2.41. The van der Waals surface area contributed by atoms with Gasteiger partial charge >= 0.3 is 6.09 Å². The number of rotatable bonds is 4. The number of carbonyl (C=O) groups excluding carboxylic acids is 1. The number of hydrogen-bond acceptors (Lipinski definition) is 3. The van der Waals surface area contributed by atoms with E-state index in [1.807, 2.05) is 0 Å². The molecular weight excluding hydrogens is 333 g/mol. The van der Waals surface area contributed by atoms with Crippen molar-refractivity contribution in [2.75, 3.05) is 10.6 Å². The average molecular weight is 350 g/mol. The topological polar surface area (TPSA) is 50.4 Å². The molecule has 0 bridgehead atoms. The number of amides is 1. The maximum absolute atomic E-state index is 14.2. The van der Waals surface area contributed by atoms with Crippen LogP contribution in [-0.2, 0) is 4.74 Å². The van der Waals surface area contributed by atoms with Gasteiger partial charge < -0.3 is 10.1 Å². The maximum atomic E-state index is 14.2. The molecule has 1 aliphatic rings. The molecule has 2 aromatic rings. The molecule has 0 aliphatic heterocycles. The second-order valence-electron chi connectivity index (χ2n) is 6.36. The molecule has 0 saturated heterocycles. The van der Waals surface area contributed by atoms with Gasteiger partial charge in [0.2, 0.25) is 0 Å². The molecule has 25 heavy (non-hydrogen) atoms. The van der Waals surface area contributed by atoms with Gasteiger partial charge in [-0.3, -0.25) is 5.32 Å². The lowest BCUT2D eigenvalue weighted by atomic mass is 10.2. The standard InChI is InChI=1S/C18H17F3N2O2/c1-10-3-5-13(12(20)9-10)22-16-14(6-4-11(19)15(16)21)23-17(24)25-18(2)7-8-18/h3-6,9,22H,7-8H2,1-2H3,(H,23,24). The molecule has 3 rings (SSSR count). The molecule has 1 saturated carbocycles. The van der Waals surface area contributed by atoms with Gasteiger partial charge in [-0.2, -0.15) is 0 Å². The predicted molar refractivity (Wildman–Crippen MR) is 88.5 cm³/mol. The molecule has 7 heteroatoms. The molecule has 1 aliphatic carbocycles. The van der Waals surface area contributed by atoms with Crippen LogP contribution in [0, 0.1) is 24.4 Å². The summed E-state index contributed by atoms with van der Waals surface area (Å²) in [6.07, 6.45) is 0.717. The van der Waals surface area contributed by atoms with Crippen LogP contribution < -0.4 is 10.6 Å². The molecule has 0 spiro atoms. The fourth-order valence-electron chi connectivity index (χ4n) is 2.27. The third-order valence-corrected chi connectivity index (χ3v) is 4.01. The van der Waals surface area contributed by atoms with Crippen LogP contribution in [0.3, 0.4) is 0 Å². The summed E-state index contributed by atoms with van der Waals surface area (Å²) < 4.78 is 47.0. The minimum atomic E-state index is -1.23. The van der Waals surface area contributed by atoms with Crippen molar-refractivity contribution in [2.45, 2.75) is 32.3 Å². The van der Waals surface area contributed by atoms with Crippen molar-refractivity contribution in [3.05, 3.63) is 53.3 Å². The summed E-state index contributed by atoms with van der Waals surface area (Å²) in [6, 6.07) is 6.35. The summed E-state index contributed by atoms with van der Waals surface area (Å²) >= 11 is 0. The van der Waals surface area contributed by atoms with Crippen LogP contribution in [0.15, 0.2) is 30.3 Å². The van der Waals surface area contributed by atoms with E-state index in [1.54, 1.807) is 19.9 Å². The maximum Gasteiger partial charge on any atom is 0.412 e. The number of anilines is 3. The Balaban J connectivity index is 1.88. The first-order valence-corrected chi connectivity index (χ1v) is 7.79. The lowest BCUT2D eigenvalue weighted by Gasteiger charge is -2.17. The zero-order valence-electron chi connectivity index (χ0n) is 13.8. The Hall–Kier alpha value is -2.70. The SMILES string of the molecule is Cc1ccc(Nc2c(NC(=O)OC3(C)CC3)ccc(F)c2F)c(F)c1. The molecule has 0 heterocycles. The van der Waals surface area contributed by atoms with E-state index in [9.17, 15) is 18.0 Å². The number of benzene rings is 2. The van der Waals surface area contributed by atoms with Crippen molar-refractivity contribution in [1.29, 1.82) is 0 Å². The molecule has 0 unspecified atom stereocenters. The van der Waals surface area contributed by atoms with Gasteiger partial charge in [-0.1, -0.05) is 6.07 Å². The highest BCUT2D eigenvalue weighted by atomic mass is 19.2. The molecule has 0 radical (unpaired) electrons. The summed E-state index contributed by atoms with van der Waals surface area (Å²) in [7, 11) is 0. The molecule has 2 N–H and O–H groups in total. The minimum Gasteiger partial charge on any atom is -0.443 e. The van der Waals surface area contributed by atoms with Gasteiger partial charge in [0.15, 0.2) is 11.6 Å². The molecule has 0 aromatic heterocycles.